The molecule has 2 rings (SSSR count). The van der Waals surface area contributed by atoms with Gasteiger partial charge in [-0.1, -0.05) is 12.1 Å². The zero-order valence-electron chi connectivity index (χ0n) is 13.6. The van der Waals surface area contributed by atoms with Gasteiger partial charge in [-0.15, -0.1) is 0 Å². The van der Waals surface area contributed by atoms with Gasteiger partial charge in [0.25, 0.3) is 0 Å². The molecule has 0 spiro atoms. The number of halogens is 1. The highest BCUT2D eigenvalue weighted by Crippen LogP contribution is 2.46. The lowest BCUT2D eigenvalue weighted by molar-refractivity contribution is -0.170. The van der Waals surface area contributed by atoms with E-state index >= 15 is 0 Å². The number of carbonyl (C=O) groups is 3. The summed E-state index contributed by atoms with van der Waals surface area (Å²) in [6.45, 7) is 1.34. The first-order chi connectivity index (χ1) is 11.2. The molecule has 0 radical (unpaired) electrons. The molecule has 1 aromatic carbocycles. The van der Waals surface area contributed by atoms with Crippen molar-refractivity contribution in [1.29, 1.82) is 0 Å². The maximum absolute atomic E-state index is 13.2. The zero-order valence-corrected chi connectivity index (χ0v) is 13.6. The number of ether oxygens (including phenoxy) is 2. The molecule has 1 aliphatic carbocycles. The molecule has 0 aromatic heterocycles. The topological polar surface area (TPSA) is 89.9 Å². The van der Waals surface area contributed by atoms with E-state index in [4.69, 9.17) is 9.47 Å². The number of methoxy groups -OCH3 is 2. The SMILES string of the molecule is COC(=O)[C@@H]1C(=O)C[C@@](C)(O)[C@H](C(=O)OC)[C@@H]1c1ccc(F)cc1. The summed E-state index contributed by atoms with van der Waals surface area (Å²) in [4.78, 5) is 36.9. The van der Waals surface area contributed by atoms with Gasteiger partial charge in [0, 0.05) is 12.3 Å². The van der Waals surface area contributed by atoms with Crippen molar-refractivity contribution in [3.63, 3.8) is 0 Å². The Kier molecular flexibility index (Phi) is 5.03. The first-order valence-electron chi connectivity index (χ1n) is 7.39. The quantitative estimate of drug-likeness (QED) is 0.658. The van der Waals surface area contributed by atoms with E-state index in [9.17, 15) is 23.9 Å². The van der Waals surface area contributed by atoms with Gasteiger partial charge < -0.3 is 14.6 Å². The van der Waals surface area contributed by atoms with E-state index < -0.39 is 46.9 Å². The Hall–Kier alpha value is -2.28. The van der Waals surface area contributed by atoms with Gasteiger partial charge in [0.1, 0.15) is 11.7 Å². The second-order valence-corrected chi connectivity index (χ2v) is 6.08. The van der Waals surface area contributed by atoms with Gasteiger partial charge in [0.2, 0.25) is 0 Å². The Morgan fingerprint density at radius 1 is 1.17 bits per heavy atom. The third kappa shape index (κ3) is 3.17. The standard InChI is InChI=1S/C17H19FO6/c1-17(22)8-11(19)13(15(20)23-2)12(14(17)16(21)24-3)9-4-6-10(18)7-5-9/h4-7,12-14,22H,8H2,1-3H3/t12-,13-,14+,17-/m1/s1. The van der Waals surface area contributed by atoms with Crippen molar-refractivity contribution in [3.05, 3.63) is 35.6 Å². The van der Waals surface area contributed by atoms with Crippen LogP contribution in [0.3, 0.4) is 0 Å². The van der Waals surface area contributed by atoms with Crippen molar-refractivity contribution in [2.75, 3.05) is 14.2 Å². The first-order valence-corrected chi connectivity index (χ1v) is 7.39. The number of rotatable bonds is 3. The van der Waals surface area contributed by atoms with Crippen LogP contribution in [0.4, 0.5) is 4.39 Å². The molecule has 1 fully saturated rings. The largest absolute Gasteiger partial charge is 0.469 e. The highest BCUT2D eigenvalue weighted by molar-refractivity contribution is 6.02. The molecule has 6 nitrogen and oxygen atoms in total. The maximum atomic E-state index is 13.2. The van der Waals surface area contributed by atoms with E-state index in [1.807, 2.05) is 0 Å². The fourth-order valence-electron chi connectivity index (χ4n) is 3.35. The van der Waals surface area contributed by atoms with Crippen LogP contribution in [0.1, 0.15) is 24.8 Å². The number of esters is 2. The smallest absolute Gasteiger partial charge is 0.316 e. The van der Waals surface area contributed by atoms with Gasteiger partial charge in [-0.05, 0) is 24.6 Å². The van der Waals surface area contributed by atoms with Crippen molar-refractivity contribution in [3.8, 4) is 0 Å². The van der Waals surface area contributed by atoms with Crippen LogP contribution in [0.15, 0.2) is 24.3 Å². The third-order valence-corrected chi connectivity index (χ3v) is 4.43. The van der Waals surface area contributed by atoms with Gasteiger partial charge >= 0.3 is 11.9 Å². The Morgan fingerprint density at radius 2 is 1.71 bits per heavy atom. The average molecular weight is 338 g/mol. The fraction of sp³-hybridized carbons (Fsp3) is 0.471. The molecule has 0 bridgehead atoms. The van der Waals surface area contributed by atoms with Crippen LogP contribution in [0.5, 0.6) is 0 Å². The van der Waals surface area contributed by atoms with Crippen molar-refractivity contribution in [2.24, 2.45) is 11.8 Å². The van der Waals surface area contributed by atoms with Crippen molar-refractivity contribution < 1.29 is 33.4 Å². The van der Waals surface area contributed by atoms with E-state index in [-0.39, 0.29) is 6.42 Å². The van der Waals surface area contributed by atoms with Crippen molar-refractivity contribution in [1.82, 2.24) is 0 Å². The maximum Gasteiger partial charge on any atom is 0.316 e. The number of carbonyl (C=O) groups excluding carboxylic acids is 3. The predicted molar refractivity (Wildman–Crippen MR) is 80.4 cm³/mol. The fourth-order valence-corrected chi connectivity index (χ4v) is 3.35. The minimum absolute atomic E-state index is 0.371. The lowest BCUT2D eigenvalue weighted by atomic mass is 9.62. The Morgan fingerprint density at radius 3 is 2.21 bits per heavy atom. The van der Waals surface area contributed by atoms with Crippen molar-refractivity contribution in [2.45, 2.75) is 24.9 Å². The minimum atomic E-state index is -1.70. The third-order valence-electron chi connectivity index (χ3n) is 4.43. The molecule has 4 atom stereocenters. The highest BCUT2D eigenvalue weighted by atomic mass is 19.1. The molecule has 0 aliphatic heterocycles. The molecular weight excluding hydrogens is 319 g/mol. The number of hydrogen-bond acceptors (Lipinski definition) is 6. The number of hydrogen-bond donors (Lipinski definition) is 1. The minimum Gasteiger partial charge on any atom is -0.469 e. The zero-order chi connectivity index (χ0) is 18.1. The van der Waals surface area contributed by atoms with E-state index in [1.54, 1.807) is 0 Å². The molecule has 0 heterocycles. The van der Waals surface area contributed by atoms with E-state index in [0.29, 0.717) is 5.56 Å². The summed E-state index contributed by atoms with van der Waals surface area (Å²) in [6.07, 6.45) is -0.385. The monoisotopic (exact) mass is 338 g/mol. The predicted octanol–water partition coefficient (Wildman–Crippen LogP) is 1.21. The second kappa shape index (κ2) is 6.68. The lowest BCUT2D eigenvalue weighted by Gasteiger charge is -2.43. The number of Topliss-reactive ketones (excluding diaryl/α,β-unsaturated/α-hetero) is 1. The number of benzene rings is 1. The molecule has 1 aliphatic rings. The van der Waals surface area contributed by atoms with Crippen LogP contribution in [0.25, 0.3) is 0 Å². The summed E-state index contributed by atoms with van der Waals surface area (Å²) in [7, 11) is 2.29. The summed E-state index contributed by atoms with van der Waals surface area (Å²) < 4.78 is 22.7. The van der Waals surface area contributed by atoms with Gasteiger partial charge in [-0.2, -0.15) is 0 Å². The van der Waals surface area contributed by atoms with Crippen LogP contribution >= 0.6 is 0 Å². The van der Waals surface area contributed by atoms with Gasteiger partial charge in [-0.3, -0.25) is 14.4 Å². The second-order valence-electron chi connectivity index (χ2n) is 6.08. The molecule has 130 valence electrons. The van der Waals surface area contributed by atoms with Crippen LogP contribution in [0.2, 0.25) is 0 Å². The van der Waals surface area contributed by atoms with Gasteiger partial charge in [0.05, 0.1) is 25.7 Å². The Bertz CT molecular complexity index is 652. The summed E-state index contributed by atoms with van der Waals surface area (Å²) in [5.74, 6) is -6.06. The molecule has 0 amide bonds. The molecule has 1 aromatic rings. The molecule has 7 heteroatoms. The molecule has 0 unspecified atom stereocenters. The molecule has 1 saturated carbocycles. The van der Waals surface area contributed by atoms with E-state index in [1.165, 1.54) is 19.1 Å². The average Bonchev–Trinajstić information content (AvgIpc) is 2.53. The summed E-state index contributed by atoms with van der Waals surface area (Å²) in [5.41, 5.74) is -1.33. The highest BCUT2D eigenvalue weighted by Gasteiger charge is 2.56. The number of ketones is 1. The molecule has 1 N–H and O–H groups in total. The van der Waals surface area contributed by atoms with Gasteiger partial charge in [-0.25, -0.2) is 4.39 Å². The summed E-state index contributed by atoms with van der Waals surface area (Å²) in [6, 6.07) is 5.07. The van der Waals surface area contributed by atoms with E-state index in [2.05, 4.69) is 0 Å². The van der Waals surface area contributed by atoms with Crippen LogP contribution in [0, 0.1) is 17.7 Å². The van der Waals surface area contributed by atoms with Crippen LogP contribution in [-0.2, 0) is 23.9 Å². The summed E-state index contributed by atoms with van der Waals surface area (Å²) >= 11 is 0. The van der Waals surface area contributed by atoms with Crippen LogP contribution < -0.4 is 0 Å². The normalized spacial score (nSPS) is 29.9. The molecule has 24 heavy (non-hydrogen) atoms. The van der Waals surface area contributed by atoms with Crippen molar-refractivity contribution >= 4 is 17.7 Å². The van der Waals surface area contributed by atoms with Gasteiger partial charge in [0.15, 0.2) is 5.78 Å². The Balaban J connectivity index is 2.63. The number of aliphatic hydroxyl groups is 1. The summed E-state index contributed by atoms with van der Waals surface area (Å²) in [5, 5.41) is 10.6. The van der Waals surface area contributed by atoms with E-state index in [0.717, 1.165) is 26.4 Å². The Labute approximate surface area is 138 Å². The van der Waals surface area contributed by atoms with Crippen LogP contribution in [-0.4, -0.2) is 42.6 Å². The molecular formula is C17H19FO6. The first kappa shape index (κ1) is 18.1. The lowest BCUT2D eigenvalue weighted by Crippen LogP contribution is -2.55. The molecule has 0 saturated heterocycles.